The van der Waals surface area contributed by atoms with E-state index in [4.69, 9.17) is 0 Å². The lowest BCUT2D eigenvalue weighted by Gasteiger charge is -2.10. The predicted octanol–water partition coefficient (Wildman–Crippen LogP) is 3.16. The summed E-state index contributed by atoms with van der Waals surface area (Å²) >= 11 is 0. The number of carbonyl (C=O) groups excluding carboxylic acids is 1. The van der Waals surface area contributed by atoms with Crippen LogP contribution in [0.2, 0.25) is 0 Å². The molecule has 2 aromatic heterocycles. The first-order chi connectivity index (χ1) is 12.1. The van der Waals surface area contributed by atoms with Crippen LogP contribution >= 0.6 is 0 Å². The Kier molecular flexibility index (Phi) is 4.99. The van der Waals surface area contributed by atoms with Crippen molar-refractivity contribution in [3.63, 3.8) is 0 Å². The lowest BCUT2D eigenvalue weighted by molar-refractivity contribution is 0.0945. The van der Waals surface area contributed by atoms with Gasteiger partial charge in [-0.25, -0.2) is 9.97 Å². The van der Waals surface area contributed by atoms with Crippen LogP contribution < -0.4 is 10.6 Å². The summed E-state index contributed by atoms with van der Waals surface area (Å²) < 4.78 is 0. The van der Waals surface area contributed by atoms with Gasteiger partial charge in [-0.1, -0.05) is 18.2 Å². The maximum absolute atomic E-state index is 12.4. The zero-order chi connectivity index (χ0) is 17.6. The van der Waals surface area contributed by atoms with Gasteiger partial charge in [0.25, 0.3) is 5.91 Å². The minimum absolute atomic E-state index is 0.241. The summed E-state index contributed by atoms with van der Waals surface area (Å²) in [6, 6.07) is 13.2. The highest BCUT2D eigenvalue weighted by Gasteiger charge is 2.11. The van der Waals surface area contributed by atoms with Crippen LogP contribution in [0, 0.1) is 13.8 Å². The van der Waals surface area contributed by atoms with Gasteiger partial charge in [0, 0.05) is 30.3 Å². The molecule has 1 aromatic carbocycles. The molecule has 0 spiro atoms. The molecule has 3 aromatic rings. The number of anilines is 2. The molecule has 0 aliphatic rings. The van der Waals surface area contributed by atoms with Crippen LogP contribution in [0.1, 0.15) is 27.3 Å². The number of hydrogen-bond acceptors (Lipinski definition) is 5. The van der Waals surface area contributed by atoms with Gasteiger partial charge in [-0.2, -0.15) is 0 Å². The van der Waals surface area contributed by atoms with E-state index in [1.807, 2.05) is 50.2 Å². The molecule has 126 valence electrons. The van der Waals surface area contributed by atoms with Gasteiger partial charge in [0.1, 0.15) is 5.69 Å². The minimum Gasteiger partial charge on any atom is -0.347 e. The van der Waals surface area contributed by atoms with Gasteiger partial charge in [-0.3, -0.25) is 9.78 Å². The number of para-hydroxylation sites is 1. The van der Waals surface area contributed by atoms with Gasteiger partial charge < -0.3 is 10.6 Å². The monoisotopic (exact) mass is 333 g/mol. The lowest BCUT2D eigenvalue weighted by Crippen LogP contribution is -2.24. The third kappa shape index (κ3) is 4.38. The van der Waals surface area contributed by atoms with Crippen molar-refractivity contribution in [2.45, 2.75) is 20.4 Å². The molecule has 2 heterocycles. The Morgan fingerprint density at radius 2 is 1.80 bits per heavy atom. The minimum atomic E-state index is -0.241. The van der Waals surface area contributed by atoms with Crippen molar-refractivity contribution in [2.75, 3.05) is 5.32 Å². The number of benzene rings is 1. The summed E-state index contributed by atoms with van der Waals surface area (Å²) in [4.78, 5) is 25.1. The van der Waals surface area contributed by atoms with Gasteiger partial charge in [0.05, 0.1) is 0 Å². The molecule has 0 saturated heterocycles. The highest BCUT2D eigenvalue weighted by molar-refractivity contribution is 5.92. The molecule has 3 rings (SSSR count). The van der Waals surface area contributed by atoms with Crippen LogP contribution in [0.25, 0.3) is 0 Å². The third-order valence-corrected chi connectivity index (χ3v) is 3.68. The molecule has 0 atom stereocenters. The Hall–Kier alpha value is -3.28. The molecule has 0 fully saturated rings. The quantitative estimate of drug-likeness (QED) is 0.750. The second kappa shape index (κ2) is 7.53. The van der Waals surface area contributed by atoms with Crippen molar-refractivity contribution in [3.05, 3.63) is 77.4 Å². The van der Waals surface area contributed by atoms with Crippen molar-refractivity contribution in [3.8, 4) is 0 Å². The maximum atomic E-state index is 12.4. The molecular weight excluding hydrogens is 314 g/mol. The van der Waals surface area contributed by atoms with E-state index >= 15 is 0 Å². The van der Waals surface area contributed by atoms with E-state index in [2.05, 4.69) is 25.6 Å². The third-order valence-electron chi connectivity index (χ3n) is 3.68. The molecule has 1 amide bonds. The Morgan fingerprint density at radius 3 is 2.56 bits per heavy atom. The van der Waals surface area contributed by atoms with Crippen LogP contribution in [-0.2, 0) is 6.54 Å². The van der Waals surface area contributed by atoms with Crippen molar-refractivity contribution < 1.29 is 4.79 Å². The molecule has 0 radical (unpaired) electrons. The van der Waals surface area contributed by atoms with E-state index in [0.717, 1.165) is 22.5 Å². The molecule has 25 heavy (non-hydrogen) atoms. The second-order valence-electron chi connectivity index (χ2n) is 5.70. The first-order valence-corrected chi connectivity index (χ1v) is 7.97. The zero-order valence-electron chi connectivity index (χ0n) is 14.2. The SMILES string of the molecule is Cc1cc(C(=O)NCc2ccncc2)nc(Nc2ccccc2C)n1. The Labute approximate surface area is 146 Å². The number of nitrogens with one attached hydrogen (secondary N) is 2. The van der Waals surface area contributed by atoms with E-state index < -0.39 is 0 Å². The summed E-state index contributed by atoms with van der Waals surface area (Å²) in [5.41, 5.74) is 4.03. The fourth-order valence-electron chi connectivity index (χ4n) is 2.35. The topological polar surface area (TPSA) is 79.8 Å². The Balaban J connectivity index is 1.74. The lowest BCUT2D eigenvalue weighted by atomic mass is 10.2. The number of aryl methyl sites for hydroxylation is 2. The van der Waals surface area contributed by atoms with Crippen LogP contribution in [0.5, 0.6) is 0 Å². The van der Waals surface area contributed by atoms with Crippen LogP contribution in [0.3, 0.4) is 0 Å². The van der Waals surface area contributed by atoms with E-state index in [1.165, 1.54) is 0 Å². The molecular formula is C19H19N5O. The van der Waals surface area contributed by atoms with E-state index in [0.29, 0.717) is 18.2 Å². The highest BCUT2D eigenvalue weighted by Crippen LogP contribution is 2.18. The number of pyridine rings is 1. The molecule has 6 heteroatoms. The average Bonchev–Trinajstić information content (AvgIpc) is 2.62. The van der Waals surface area contributed by atoms with Crippen molar-refractivity contribution >= 4 is 17.5 Å². The molecule has 6 nitrogen and oxygen atoms in total. The van der Waals surface area contributed by atoms with Gasteiger partial charge in [-0.15, -0.1) is 0 Å². The Bertz CT molecular complexity index is 880. The van der Waals surface area contributed by atoms with Crippen LogP contribution in [-0.4, -0.2) is 20.9 Å². The summed E-state index contributed by atoms with van der Waals surface area (Å²) in [6.07, 6.45) is 3.39. The van der Waals surface area contributed by atoms with Gasteiger partial charge in [-0.05, 0) is 49.2 Å². The normalized spacial score (nSPS) is 10.3. The van der Waals surface area contributed by atoms with Gasteiger partial charge in [0.2, 0.25) is 5.95 Å². The van der Waals surface area contributed by atoms with Crippen molar-refractivity contribution in [1.29, 1.82) is 0 Å². The Morgan fingerprint density at radius 1 is 1.04 bits per heavy atom. The number of nitrogens with zero attached hydrogens (tertiary/aromatic N) is 3. The summed E-state index contributed by atoms with van der Waals surface area (Å²) in [7, 11) is 0. The fraction of sp³-hybridized carbons (Fsp3) is 0.158. The average molecular weight is 333 g/mol. The molecule has 2 N–H and O–H groups in total. The van der Waals surface area contributed by atoms with Crippen LogP contribution in [0.15, 0.2) is 54.9 Å². The molecule has 0 aliphatic heterocycles. The standard InChI is InChI=1S/C19H19N5O/c1-13-5-3-4-6-16(13)23-19-22-14(2)11-17(24-19)18(25)21-12-15-7-9-20-10-8-15/h3-11H,12H2,1-2H3,(H,21,25)(H,22,23,24). The number of aromatic nitrogens is 3. The number of rotatable bonds is 5. The number of hydrogen-bond donors (Lipinski definition) is 2. The van der Waals surface area contributed by atoms with E-state index in [-0.39, 0.29) is 5.91 Å². The fourth-order valence-corrected chi connectivity index (χ4v) is 2.35. The summed E-state index contributed by atoms with van der Waals surface area (Å²) in [6.45, 7) is 4.26. The molecule has 0 bridgehead atoms. The second-order valence-corrected chi connectivity index (χ2v) is 5.70. The number of carbonyl (C=O) groups is 1. The molecule has 0 saturated carbocycles. The van der Waals surface area contributed by atoms with E-state index in [1.54, 1.807) is 18.5 Å². The highest BCUT2D eigenvalue weighted by atomic mass is 16.1. The van der Waals surface area contributed by atoms with Crippen molar-refractivity contribution in [1.82, 2.24) is 20.3 Å². The smallest absolute Gasteiger partial charge is 0.270 e. The van der Waals surface area contributed by atoms with Gasteiger partial charge in [0.15, 0.2) is 0 Å². The van der Waals surface area contributed by atoms with Crippen LogP contribution in [0.4, 0.5) is 11.6 Å². The van der Waals surface area contributed by atoms with E-state index in [9.17, 15) is 4.79 Å². The first kappa shape index (κ1) is 16.6. The summed E-state index contributed by atoms with van der Waals surface area (Å²) in [5.74, 6) is 0.165. The van der Waals surface area contributed by atoms with Gasteiger partial charge >= 0.3 is 0 Å². The first-order valence-electron chi connectivity index (χ1n) is 7.97. The largest absolute Gasteiger partial charge is 0.347 e. The molecule has 0 aliphatic carbocycles. The predicted molar refractivity (Wildman–Crippen MR) is 96.6 cm³/mol. The number of amides is 1. The maximum Gasteiger partial charge on any atom is 0.270 e. The summed E-state index contributed by atoms with van der Waals surface area (Å²) in [5, 5.41) is 6.03. The zero-order valence-corrected chi connectivity index (χ0v) is 14.2. The molecule has 0 unspecified atom stereocenters. The van der Waals surface area contributed by atoms with Crippen molar-refractivity contribution in [2.24, 2.45) is 0 Å².